The van der Waals surface area contributed by atoms with Crippen LogP contribution < -0.4 is 14.8 Å². The van der Waals surface area contributed by atoms with E-state index in [4.69, 9.17) is 9.47 Å². The Balaban J connectivity index is 1.35. The van der Waals surface area contributed by atoms with Gasteiger partial charge >= 0.3 is 0 Å². The molecule has 7 heteroatoms. The molecule has 1 aliphatic rings. The fourth-order valence-corrected chi connectivity index (χ4v) is 4.00. The van der Waals surface area contributed by atoms with Crippen molar-refractivity contribution in [3.05, 3.63) is 83.6 Å². The van der Waals surface area contributed by atoms with Crippen LogP contribution in [0.15, 0.2) is 66.9 Å². The Morgan fingerprint density at radius 2 is 1.76 bits per heavy atom. The standard InChI is InChI=1S/C26H30N4O3/c1-32-22-10-11-23(24(17-22)33-2)26(31)30-15-13-29(14-16-30)19-21-9-6-12-27-25(21)28-18-20-7-4-3-5-8-20/h3-12,17H,13-16,18-19H2,1-2H3,(H,27,28). The Hall–Kier alpha value is -3.58. The zero-order valence-electron chi connectivity index (χ0n) is 19.2. The molecular weight excluding hydrogens is 416 g/mol. The van der Waals surface area contributed by atoms with Gasteiger partial charge in [0.1, 0.15) is 17.3 Å². The summed E-state index contributed by atoms with van der Waals surface area (Å²) in [4.78, 5) is 21.9. The molecule has 33 heavy (non-hydrogen) atoms. The van der Waals surface area contributed by atoms with Crippen LogP contribution in [0.3, 0.4) is 0 Å². The third-order valence-corrected chi connectivity index (χ3v) is 5.89. The van der Waals surface area contributed by atoms with Gasteiger partial charge in [-0.1, -0.05) is 36.4 Å². The molecule has 1 aliphatic heterocycles. The quantitative estimate of drug-likeness (QED) is 0.570. The van der Waals surface area contributed by atoms with Crippen LogP contribution in [0.1, 0.15) is 21.5 Å². The molecule has 1 aromatic heterocycles. The lowest BCUT2D eigenvalue weighted by atomic mass is 10.1. The van der Waals surface area contributed by atoms with Gasteiger partial charge in [0.15, 0.2) is 0 Å². The number of anilines is 1. The molecular formula is C26H30N4O3. The number of carbonyl (C=O) groups excluding carboxylic acids is 1. The second-order valence-corrected chi connectivity index (χ2v) is 7.98. The highest BCUT2D eigenvalue weighted by Crippen LogP contribution is 2.26. The van der Waals surface area contributed by atoms with Gasteiger partial charge in [0.25, 0.3) is 5.91 Å². The average Bonchev–Trinajstić information content (AvgIpc) is 2.88. The second kappa shape index (κ2) is 10.8. The Morgan fingerprint density at radius 1 is 0.970 bits per heavy atom. The molecule has 2 aromatic carbocycles. The first kappa shape index (κ1) is 22.6. The van der Waals surface area contributed by atoms with Gasteiger partial charge in [-0.3, -0.25) is 9.69 Å². The Bertz CT molecular complexity index is 1070. The number of pyridine rings is 1. The van der Waals surface area contributed by atoms with Crippen LogP contribution in [-0.2, 0) is 13.1 Å². The van der Waals surface area contributed by atoms with Gasteiger partial charge in [-0.05, 0) is 23.8 Å². The van der Waals surface area contributed by atoms with Gasteiger partial charge < -0.3 is 19.7 Å². The number of methoxy groups -OCH3 is 2. The van der Waals surface area contributed by atoms with Crippen LogP contribution in [0.5, 0.6) is 11.5 Å². The fourth-order valence-electron chi connectivity index (χ4n) is 4.00. The summed E-state index contributed by atoms with van der Waals surface area (Å²) in [5, 5.41) is 3.46. The minimum Gasteiger partial charge on any atom is -0.497 e. The highest BCUT2D eigenvalue weighted by molar-refractivity contribution is 5.97. The summed E-state index contributed by atoms with van der Waals surface area (Å²) in [6.45, 7) is 4.46. The van der Waals surface area contributed by atoms with E-state index in [0.717, 1.165) is 37.6 Å². The first-order chi connectivity index (χ1) is 16.2. The van der Waals surface area contributed by atoms with Gasteiger partial charge in [-0.2, -0.15) is 0 Å². The number of piperazine rings is 1. The molecule has 2 heterocycles. The first-order valence-electron chi connectivity index (χ1n) is 11.1. The van der Waals surface area contributed by atoms with Crippen molar-refractivity contribution in [1.29, 1.82) is 0 Å². The molecule has 4 rings (SSSR count). The topological polar surface area (TPSA) is 66.9 Å². The monoisotopic (exact) mass is 446 g/mol. The van der Waals surface area contributed by atoms with Gasteiger partial charge in [0, 0.05) is 57.1 Å². The van der Waals surface area contributed by atoms with E-state index in [1.807, 2.05) is 35.4 Å². The van der Waals surface area contributed by atoms with E-state index in [2.05, 4.69) is 33.4 Å². The number of ether oxygens (including phenoxy) is 2. The minimum absolute atomic E-state index is 0.0132. The van der Waals surface area contributed by atoms with Gasteiger partial charge in [0.05, 0.1) is 19.8 Å². The van der Waals surface area contributed by atoms with Crippen LogP contribution in [0, 0.1) is 0 Å². The highest BCUT2D eigenvalue weighted by Gasteiger charge is 2.25. The minimum atomic E-state index is -0.0132. The van der Waals surface area contributed by atoms with E-state index in [1.54, 1.807) is 32.4 Å². The molecule has 0 unspecified atom stereocenters. The molecule has 0 aliphatic carbocycles. The number of nitrogens with zero attached hydrogens (tertiary/aromatic N) is 3. The summed E-state index contributed by atoms with van der Waals surface area (Å²) in [6.07, 6.45) is 1.82. The summed E-state index contributed by atoms with van der Waals surface area (Å²) in [6, 6.07) is 19.7. The molecule has 0 atom stereocenters. The zero-order chi connectivity index (χ0) is 23.0. The lowest BCUT2D eigenvalue weighted by molar-refractivity contribution is 0.0625. The average molecular weight is 447 g/mol. The van der Waals surface area contributed by atoms with E-state index in [1.165, 1.54) is 5.56 Å². The van der Waals surface area contributed by atoms with Crippen LogP contribution in [0.2, 0.25) is 0 Å². The summed E-state index contributed by atoms with van der Waals surface area (Å²) in [5.41, 5.74) is 2.94. The number of hydrogen-bond donors (Lipinski definition) is 1. The summed E-state index contributed by atoms with van der Waals surface area (Å²) >= 11 is 0. The number of nitrogens with one attached hydrogen (secondary N) is 1. The lowest BCUT2D eigenvalue weighted by Crippen LogP contribution is -2.48. The molecule has 1 N–H and O–H groups in total. The molecule has 0 saturated carbocycles. The van der Waals surface area contributed by atoms with E-state index in [9.17, 15) is 4.79 Å². The third kappa shape index (κ3) is 5.62. The number of carbonyl (C=O) groups is 1. The number of benzene rings is 2. The van der Waals surface area contributed by atoms with E-state index >= 15 is 0 Å². The predicted molar refractivity (Wildman–Crippen MR) is 129 cm³/mol. The Morgan fingerprint density at radius 3 is 2.48 bits per heavy atom. The van der Waals surface area contributed by atoms with E-state index < -0.39 is 0 Å². The number of hydrogen-bond acceptors (Lipinski definition) is 6. The van der Waals surface area contributed by atoms with Gasteiger partial charge in [0.2, 0.25) is 0 Å². The van der Waals surface area contributed by atoms with Crippen molar-refractivity contribution >= 4 is 11.7 Å². The maximum atomic E-state index is 13.1. The summed E-state index contributed by atoms with van der Waals surface area (Å²) in [5.74, 6) is 2.09. The zero-order valence-corrected chi connectivity index (χ0v) is 19.2. The number of rotatable bonds is 8. The molecule has 1 amide bonds. The number of amides is 1. The van der Waals surface area contributed by atoms with Crippen molar-refractivity contribution in [1.82, 2.24) is 14.8 Å². The van der Waals surface area contributed by atoms with Crippen molar-refractivity contribution in [2.24, 2.45) is 0 Å². The largest absolute Gasteiger partial charge is 0.497 e. The molecule has 7 nitrogen and oxygen atoms in total. The fraction of sp³-hybridized carbons (Fsp3) is 0.308. The normalized spacial score (nSPS) is 14.1. The SMILES string of the molecule is COc1ccc(C(=O)N2CCN(Cc3cccnc3NCc3ccccc3)CC2)c(OC)c1. The van der Waals surface area contributed by atoms with E-state index in [0.29, 0.717) is 30.2 Å². The molecule has 172 valence electrons. The highest BCUT2D eigenvalue weighted by atomic mass is 16.5. The first-order valence-corrected chi connectivity index (χ1v) is 11.1. The van der Waals surface area contributed by atoms with Crippen LogP contribution in [0.4, 0.5) is 5.82 Å². The third-order valence-electron chi connectivity index (χ3n) is 5.89. The summed E-state index contributed by atoms with van der Waals surface area (Å²) in [7, 11) is 3.17. The maximum absolute atomic E-state index is 13.1. The van der Waals surface area contributed by atoms with Crippen LogP contribution in [0.25, 0.3) is 0 Å². The smallest absolute Gasteiger partial charge is 0.257 e. The van der Waals surface area contributed by atoms with Crippen LogP contribution >= 0.6 is 0 Å². The van der Waals surface area contributed by atoms with Crippen LogP contribution in [-0.4, -0.2) is 61.1 Å². The maximum Gasteiger partial charge on any atom is 0.257 e. The number of aromatic nitrogens is 1. The molecule has 1 fully saturated rings. The molecule has 0 spiro atoms. The summed E-state index contributed by atoms with van der Waals surface area (Å²) < 4.78 is 10.7. The molecule has 0 radical (unpaired) electrons. The van der Waals surface area contributed by atoms with E-state index in [-0.39, 0.29) is 5.91 Å². The van der Waals surface area contributed by atoms with Crippen molar-refractivity contribution in [3.8, 4) is 11.5 Å². The molecule has 0 bridgehead atoms. The van der Waals surface area contributed by atoms with Crippen molar-refractivity contribution < 1.29 is 14.3 Å². The Kier molecular flexibility index (Phi) is 7.42. The lowest BCUT2D eigenvalue weighted by Gasteiger charge is -2.35. The molecule has 3 aromatic rings. The van der Waals surface area contributed by atoms with Gasteiger partial charge in [-0.25, -0.2) is 4.98 Å². The second-order valence-electron chi connectivity index (χ2n) is 7.98. The van der Waals surface area contributed by atoms with Gasteiger partial charge in [-0.15, -0.1) is 0 Å². The van der Waals surface area contributed by atoms with Crippen molar-refractivity contribution in [3.63, 3.8) is 0 Å². The van der Waals surface area contributed by atoms with Crippen molar-refractivity contribution in [2.45, 2.75) is 13.1 Å². The molecule has 1 saturated heterocycles. The van der Waals surface area contributed by atoms with Crippen molar-refractivity contribution in [2.75, 3.05) is 45.7 Å². The Labute approximate surface area is 195 Å². The predicted octanol–water partition coefficient (Wildman–Crippen LogP) is 3.67.